The van der Waals surface area contributed by atoms with Crippen LogP contribution in [0.3, 0.4) is 0 Å². The molecule has 2 N–H and O–H groups in total. The van der Waals surface area contributed by atoms with Gasteiger partial charge in [-0.2, -0.15) is 0 Å². The van der Waals surface area contributed by atoms with Crippen molar-refractivity contribution in [3.8, 4) is 5.75 Å². The van der Waals surface area contributed by atoms with Gasteiger partial charge < -0.3 is 15.2 Å². The number of amides is 1. The molecule has 1 aromatic rings. The van der Waals surface area contributed by atoms with E-state index in [0.29, 0.717) is 6.29 Å². The van der Waals surface area contributed by atoms with Gasteiger partial charge in [0.15, 0.2) is 6.29 Å². The molecule has 0 unspecified atom stereocenters. The predicted molar refractivity (Wildman–Crippen MR) is 65.1 cm³/mol. The molecule has 0 heterocycles. The van der Waals surface area contributed by atoms with Gasteiger partial charge in [0.05, 0.1) is 10.0 Å². The first kappa shape index (κ1) is 14.4. The van der Waals surface area contributed by atoms with Crippen molar-refractivity contribution in [3.63, 3.8) is 0 Å². The largest absolute Gasteiger partial charge is 0.486 e. The molecule has 1 amide bonds. The topological polar surface area (TPSA) is 78.6 Å². The summed E-state index contributed by atoms with van der Waals surface area (Å²) in [5.41, 5.74) is 4.86. The number of halogens is 2. The van der Waals surface area contributed by atoms with Crippen molar-refractivity contribution in [2.24, 2.45) is 5.73 Å². The smallest absolute Gasteiger partial charge is 0.404 e. The first-order valence-corrected chi connectivity index (χ1v) is 5.77. The molecule has 0 aliphatic rings. The quantitative estimate of drug-likeness (QED) is 0.844. The van der Waals surface area contributed by atoms with Crippen molar-refractivity contribution in [1.29, 1.82) is 0 Å². The third-order valence-electron chi connectivity index (χ3n) is 2.00. The predicted octanol–water partition coefficient (Wildman–Crippen LogP) is 2.26. The Morgan fingerprint density at radius 3 is 2.83 bits per heavy atom. The van der Waals surface area contributed by atoms with Crippen molar-refractivity contribution in [2.75, 3.05) is 6.61 Å². The number of rotatable bonds is 5. The van der Waals surface area contributed by atoms with Gasteiger partial charge in [-0.3, -0.25) is 4.79 Å². The van der Waals surface area contributed by atoms with Gasteiger partial charge in [0, 0.05) is 0 Å². The molecule has 0 bridgehead atoms. The molecule has 0 fully saturated rings. The van der Waals surface area contributed by atoms with Crippen LogP contribution in [0.1, 0.15) is 17.3 Å². The van der Waals surface area contributed by atoms with Crippen LogP contribution >= 0.6 is 15.9 Å². The van der Waals surface area contributed by atoms with Crippen molar-refractivity contribution >= 4 is 28.3 Å². The molecular formula is C11H11BrFNO4. The van der Waals surface area contributed by atoms with Gasteiger partial charge in [-0.15, -0.1) is 0 Å². The van der Waals surface area contributed by atoms with Crippen LogP contribution in [0.4, 0.5) is 9.18 Å². The fraction of sp³-hybridized carbons (Fsp3) is 0.273. The minimum atomic E-state index is -0.915. The number of hydrogen-bond donors (Lipinski definition) is 1. The molecule has 0 spiro atoms. The summed E-state index contributed by atoms with van der Waals surface area (Å²) in [5.74, 6) is -0.371. The summed E-state index contributed by atoms with van der Waals surface area (Å²) in [6.45, 7) is 1.55. The highest BCUT2D eigenvalue weighted by atomic mass is 79.9. The normalized spacial score (nSPS) is 11.7. The molecule has 0 aliphatic carbocycles. The van der Waals surface area contributed by atoms with Crippen LogP contribution in [0.15, 0.2) is 16.6 Å². The molecule has 0 saturated carbocycles. The summed E-state index contributed by atoms with van der Waals surface area (Å²) in [5, 5.41) is 0. The number of carbonyl (C=O) groups is 2. The Morgan fingerprint density at radius 2 is 2.28 bits per heavy atom. The Kier molecular flexibility index (Phi) is 5.08. The lowest BCUT2D eigenvalue weighted by molar-refractivity contribution is 0.0944. The van der Waals surface area contributed by atoms with Crippen molar-refractivity contribution in [3.05, 3.63) is 28.0 Å². The molecule has 5 nitrogen and oxygen atoms in total. The Morgan fingerprint density at radius 1 is 1.61 bits per heavy atom. The van der Waals surface area contributed by atoms with E-state index in [1.54, 1.807) is 6.92 Å². The average Bonchev–Trinajstić information content (AvgIpc) is 2.32. The highest BCUT2D eigenvalue weighted by Gasteiger charge is 2.14. The fourth-order valence-electron chi connectivity index (χ4n) is 1.21. The first-order chi connectivity index (χ1) is 8.45. The zero-order chi connectivity index (χ0) is 13.7. The minimum absolute atomic E-state index is 0.0259. The van der Waals surface area contributed by atoms with Gasteiger partial charge in [-0.1, -0.05) is 0 Å². The second-order valence-electron chi connectivity index (χ2n) is 3.45. The molecule has 0 aromatic heterocycles. The van der Waals surface area contributed by atoms with E-state index >= 15 is 0 Å². The van der Waals surface area contributed by atoms with Crippen LogP contribution in [-0.2, 0) is 4.74 Å². The molecule has 1 atom stereocenters. The number of nitrogens with two attached hydrogens (primary N) is 1. The minimum Gasteiger partial charge on any atom is -0.486 e. The summed E-state index contributed by atoms with van der Waals surface area (Å²) < 4.78 is 23.1. The molecule has 0 radical (unpaired) electrons. The number of carbonyl (C=O) groups excluding carboxylic acids is 2. The van der Waals surface area contributed by atoms with Crippen LogP contribution in [-0.4, -0.2) is 25.1 Å². The van der Waals surface area contributed by atoms with Crippen LogP contribution in [0.25, 0.3) is 0 Å². The van der Waals surface area contributed by atoms with Crippen LogP contribution in [0, 0.1) is 5.82 Å². The van der Waals surface area contributed by atoms with E-state index in [4.69, 9.17) is 10.5 Å². The van der Waals surface area contributed by atoms with Crippen LogP contribution in [0.2, 0.25) is 0 Å². The van der Waals surface area contributed by atoms with Gasteiger partial charge in [-0.25, -0.2) is 9.18 Å². The van der Waals surface area contributed by atoms with E-state index in [1.807, 2.05) is 0 Å². The molecule has 18 heavy (non-hydrogen) atoms. The highest BCUT2D eigenvalue weighted by Crippen LogP contribution is 2.28. The van der Waals surface area contributed by atoms with E-state index in [1.165, 1.54) is 6.07 Å². The number of ether oxygens (including phenoxy) is 2. The third-order valence-corrected chi connectivity index (χ3v) is 2.80. The zero-order valence-electron chi connectivity index (χ0n) is 9.48. The lowest BCUT2D eigenvalue weighted by Crippen LogP contribution is -2.24. The molecule has 0 aliphatic heterocycles. The average molecular weight is 320 g/mol. The second-order valence-corrected chi connectivity index (χ2v) is 4.24. The zero-order valence-corrected chi connectivity index (χ0v) is 11.1. The lowest BCUT2D eigenvalue weighted by Gasteiger charge is -2.16. The summed E-state index contributed by atoms with van der Waals surface area (Å²) in [4.78, 5) is 21.3. The summed E-state index contributed by atoms with van der Waals surface area (Å²) in [6.07, 6.45) is -0.959. The Hall–Kier alpha value is -1.63. The second kappa shape index (κ2) is 6.34. The van der Waals surface area contributed by atoms with Crippen LogP contribution < -0.4 is 10.5 Å². The van der Waals surface area contributed by atoms with E-state index in [0.717, 1.165) is 6.07 Å². The summed E-state index contributed by atoms with van der Waals surface area (Å²) in [6, 6.07) is 2.48. The van der Waals surface area contributed by atoms with E-state index < -0.39 is 18.0 Å². The van der Waals surface area contributed by atoms with Gasteiger partial charge in [0.25, 0.3) is 0 Å². The van der Waals surface area contributed by atoms with E-state index in [-0.39, 0.29) is 22.4 Å². The number of aldehydes is 1. The fourth-order valence-corrected chi connectivity index (χ4v) is 1.63. The lowest BCUT2D eigenvalue weighted by atomic mass is 10.2. The number of primary amides is 1. The van der Waals surface area contributed by atoms with Crippen LogP contribution in [0.5, 0.6) is 5.75 Å². The maximum Gasteiger partial charge on any atom is 0.404 e. The highest BCUT2D eigenvalue weighted by molar-refractivity contribution is 9.10. The number of hydrogen-bond acceptors (Lipinski definition) is 4. The number of benzene rings is 1. The monoisotopic (exact) mass is 319 g/mol. The maximum atomic E-state index is 13.2. The van der Waals surface area contributed by atoms with Gasteiger partial charge >= 0.3 is 6.09 Å². The van der Waals surface area contributed by atoms with E-state index in [9.17, 15) is 14.0 Å². The van der Waals surface area contributed by atoms with Gasteiger partial charge in [0.2, 0.25) is 0 Å². The standard InChI is InChI=1S/C11H11BrFNO4/c1-6(5-17-11(14)16)18-9-3-2-8(13)10(12)7(9)4-15/h2-4,6H,5H2,1H3,(H2,14,16)/t6-/m0/s1. The van der Waals surface area contributed by atoms with Crippen molar-refractivity contribution in [2.45, 2.75) is 13.0 Å². The Labute approximate surface area is 111 Å². The third kappa shape index (κ3) is 3.69. The van der Waals surface area contributed by atoms with Gasteiger partial charge in [-0.05, 0) is 35.0 Å². The molecular weight excluding hydrogens is 309 g/mol. The van der Waals surface area contributed by atoms with Gasteiger partial charge in [0.1, 0.15) is 24.3 Å². The molecule has 1 rings (SSSR count). The van der Waals surface area contributed by atoms with E-state index in [2.05, 4.69) is 20.7 Å². The molecule has 0 saturated heterocycles. The summed E-state index contributed by atoms with van der Waals surface area (Å²) in [7, 11) is 0. The molecule has 7 heteroatoms. The Bertz CT molecular complexity index is 467. The maximum absolute atomic E-state index is 13.2. The molecule has 98 valence electrons. The summed E-state index contributed by atoms with van der Waals surface area (Å²) >= 11 is 2.95. The first-order valence-electron chi connectivity index (χ1n) is 4.97. The van der Waals surface area contributed by atoms with Crippen molar-refractivity contribution < 1.29 is 23.5 Å². The Balaban J connectivity index is 2.81. The van der Waals surface area contributed by atoms with Crippen molar-refractivity contribution in [1.82, 2.24) is 0 Å². The molecule has 1 aromatic carbocycles. The SMILES string of the molecule is C[C@@H](COC(N)=O)Oc1ccc(F)c(Br)c1C=O.